The summed E-state index contributed by atoms with van der Waals surface area (Å²) in [7, 11) is 4.03. The smallest absolute Gasteiger partial charge is 0.408 e. The van der Waals surface area contributed by atoms with Crippen molar-refractivity contribution in [1.82, 2.24) is 15.2 Å². The first kappa shape index (κ1) is 20.4. The number of nitrogens with zero attached hydrogens (tertiary/aromatic N) is 1. The molecule has 0 aliphatic heterocycles. The van der Waals surface area contributed by atoms with Crippen molar-refractivity contribution in [3.8, 4) is 0 Å². The summed E-state index contributed by atoms with van der Waals surface area (Å²) in [5.41, 5.74) is 3.60. The van der Waals surface area contributed by atoms with Crippen LogP contribution in [0.4, 0.5) is 0 Å². The van der Waals surface area contributed by atoms with Crippen molar-refractivity contribution in [2.24, 2.45) is 5.92 Å². The van der Waals surface area contributed by atoms with Gasteiger partial charge in [0, 0.05) is 19.0 Å². The molecule has 158 valence electrons. The summed E-state index contributed by atoms with van der Waals surface area (Å²) >= 11 is 0. The molecular weight excluding hydrogens is 378 g/mol. The fourth-order valence-electron chi connectivity index (χ4n) is 4.09. The number of aromatic amines is 1. The maximum absolute atomic E-state index is 12.7. The summed E-state index contributed by atoms with van der Waals surface area (Å²) < 4.78 is 5.17. The average Bonchev–Trinajstić information content (AvgIpc) is 3.50. The number of carbonyl (C=O) groups excluding carboxylic acids is 1. The lowest BCUT2D eigenvalue weighted by atomic mass is 9.90. The third kappa shape index (κ3) is 5.00. The Labute approximate surface area is 176 Å². The predicted octanol–water partition coefficient (Wildman–Crippen LogP) is 3.29. The standard InChI is InChI=1S/C24H29N3O3/c1-27(2)19(12-16-8-11-21-22(13-16)30-24(29)26-21)15-25-23(28)14-20(18-9-10-18)17-6-4-3-5-7-17/h3-8,11,13,18-20H,9-10,12,14-15H2,1-2H3,(H,25,28)(H,26,29)/t19-,20-/m0/s1. The summed E-state index contributed by atoms with van der Waals surface area (Å²) in [5, 5.41) is 3.15. The molecule has 0 spiro atoms. The van der Waals surface area contributed by atoms with Crippen molar-refractivity contribution >= 4 is 17.0 Å². The van der Waals surface area contributed by atoms with Gasteiger partial charge in [0.25, 0.3) is 0 Å². The normalized spacial score (nSPS) is 16.0. The van der Waals surface area contributed by atoms with Gasteiger partial charge in [0.1, 0.15) is 0 Å². The second-order valence-electron chi connectivity index (χ2n) is 8.53. The third-order valence-corrected chi connectivity index (χ3v) is 6.05. The van der Waals surface area contributed by atoms with Crippen LogP contribution < -0.4 is 11.1 Å². The van der Waals surface area contributed by atoms with Crippen molar-refractivity contribution in [2.45, 2.75) is 37.6 Å². The molecule has 1 fully saturated rings. The van der Waals surface area contributed by atoms with Crippen molar-refractivity contribution in [2.75, 3.05) is 20.6 Å². The van der Waals surface area contributed by atoms with Crippen LogP contribution in [0.3, 0.4) is 0 Å². The maximum atomic E-state index is 12.7. The summed E-state index contributed by atoms with van der Waals surface area (Å²) in [6.07, 6.45) is 3.72. The number of benzene rings is 2. The maximum Gasteiger partial charge on any atom is 0.417 e. The number of likely N-dealkylation sites (N-methyl/N-ethyl adjacent to an activating group) is 1. The number of amides is 1. The number of rotatable bonds is 9. The van der Waals surface area contributed by atoms with Crippen LogP contribution in [-0.2, 0) is 11.2 Å². The molecule has 1 aliphatic carbocycles. The van der Waals surface area contributed by atoms with Gasteiger partial charge in [0.15, 0.2) is 5.58 Å². The van der Waals surface area contributed by atoms with E-state index >= 15 is 0 Å². The molecule has 0 bridgehead atoms. The van der Waals surface area contributed by atoms with Crippen LogP contribution in [-0.4, -0.2) is 42.5 Å². The minimum absolute atomic E-state index is 0.106. The van der Waals surface area contributed by atoms with Gasteiger partial charge < -0.3 is 14.6 Å². The molecule has 1 aliphatic rings. The molecule has 1 amide bonds. The zero-order valence-corrected chi connectivity index (χ0v) is 17.6. The van der Waals surface area contributed by atoms with Gasteiger partial charge in [-0.05, 0) is 68.5 Å². The van der Waals surface area contributed by atoms with E-state index in [1.54, 1.807) is 0 Å². The molecule has 1 heterocycles. The Kier molecular flexibility index (Phi) is 6.04. The Balaban J connectivity index is 1.36. The Morgan fingerprint density at radius 3 is 2.67 bits per heavy atom. The molecule has 2 aromatic carbocycles. The Hall–Kier alpha value is -2.86. The van der Waals surface area contributed by atoms with Crippen LogP contribution >= 0.6 is 0 Å². The van der Waals surface area contributed by atoms with Crippen LogP contribution in [0.1, 0.15) is 36.3 Å². The molecule has 1 aromatic heterocycles. The minimum Gasteiger partial charge on any atom is -0.408 e. The van der Waals surface area contributed by atoms with E-state index in [4.69, 9.17) is 4.42 Å². The van der Waals surface area contributed by atoms with E-state index in [9.17, 15) is 9.59 Å². The second-order valence-corrected chi connectivity index (χ2v) is 8.53. The lowest BCUT2D eigenvalue weighted by Crippen LogP contribution is -2.42. The molecular formula is C24H29N3O3. The molecule has 1 saturated carbocycles. The summed E-state index contributed by atoms with van der Waals surface area (Å²) in [5.74, 6) is 0.602. The topological polar surface area (TPSA) is 78.3 Å². The number of H-pyrrole nitrogens is 1. The summed E-state index contributed by atoms with van der Waals surface area (Å²) in [4.78, 5) is 28.9. The van der Waals surface area contributed by atoms with Crippen molar-refractivity contribution in [3.05, 3.63) is 70.2 Å². The number of aromatic nitrogens is 1. The van der Waals surface area contributed by atoms with E-state index < -0.39 is 5.76 Å². The van der Waals surface area contributed by atoms with Gasteiger partial charge in [-0.2, -0.15) is 0 Å². The van der Waals surface area contributed by atoms with Crippen LogP contribution in [0.15, 0.2) is 57.7 Å². The highest BCUT2D eigenvalue weighted by atomic mass is 16.4. The first-order valence-electron chi connectivity index (χ1n) is 10.6. The summed E-state index contributed by atoms with van der Waals surface area (Å²) in [6.45, 7) is 0.577. The first-order chi connectivity index (χ1) is 14.5. The van der Waals surface area contributed by atoms with Gasteiger partial charge in [-0.15, -0.1) is 0 Å². The minimum atomic E-state index is -0.442. The van der Waals surface area contributed by atoms with Crippen LogP contribution in [0.25, 0.3) is 11.1 Å². The average molecular weight is 408 g/mol. The molecule has 0 saturated heterocycles. The molecule has 2 atom stereocenters. The quantitative estimate of drug-likeness (QED) is 0.571. The van der Waals surface area contributed by atoms with Crippen LogP contribution in [0, 0.1) is 5.92 Å². The van der Waals surface area contributed by atoms with Crippen molar-refractivity contribution in [1.29, 1.82) is 0 Å². The van der Waals surface area contributed by atoms with Gasteiger partial charge in [-0.25, -0.2) is 4.79 Å². The monoisotopic (exact) mass is 407 g/mol. The highest BCUT2D eigenvalue weighted by molar-refractivity contribution is 5.77. The lowest BCUT2D eigenvalue weighted by molar-refractivity contribution is -0.121. The van der Waals surface area contributed by atoms with E-state index in [0.717, 1.165) is 12.0 Å². The predicted molar refractivity (Wildman–Crippen MR) is 118 cm³/mol. The molecule has 0 radical (unpaired) electrons. The number of carbonyl (C=O) groups is 1. The largest absolute Gasteiger partial charge is 0.417 e. The van der Waals surface area contributed by atoms with Gasteiger partial charge in [-0.1, -0.05) is 36.4 Å². The second kappa shape index (κ2) is 8.88. The van der Waals surface area contributed by atoms with E-state index in [1.807, 2.05) is 50.5 Å². The van der Waals surface area contributed by atoms with Crippen LogP contribution in [0.5, 0.6) is 0 Å². The lowest BCUT2D eigenvalue weighted by Gasteiger charge is -2.25. The SMILES string of the molecule is CN(C)[C@H](CNC(=O)C[C@@H](c1ccccc1)C1CC1)Cc1ccc2[nH]c(=O)oc2c1. The molecule has 30 heavy (non-hydrogen) atoms. The Bertz CT molecular complexity index is 1050. The highest BCUT2D eigenvalue weighted by Crippen LogP contribution is 2.44. The first-order valence-corrected chi connectivity index (χ1v) is 10.6. The van der Waals surface area contributed by atoms with Gasteiger partial charge in [0.05, 0.1) is 5.52 Å². The number of hydrogen-bond acceptors (Lipinski definition) is 4. The zero-order chi connectivity index (χ0) is 21.1. The molecule has 3 aromatic rings. The zero-order valence-electron chi connectivity index (χ0n) is 17.6. The van der Waals surface area contributed by atoms with E-state index in [2.05, 4.69) is 27.3 Å². The number of hydrogen-bond donors (Lipinski definition) is 2. The Morgan fingerprint density at radius 2 is 1.97 bits per heavy atom. The highest BCUT2D eigenvalue weighted by Gasteiger charge is 2.33. The molecule has 2 N–H and O–H groups in total. The Morgan fingerprint density at radius 1 is 1.20 bits per heavy atom. The van der Waals surface area contributed by atoms with Gasteiger partial charge >= 0.3 is 5.76 Å². The number of oxazole rings is 1. The molecule has 6 heteroatoms. The van der Waals surface area contributed by atoms with Gasteiger partial charge in [0.2, 0.25) is 5.91 Å². The number of nitrogens with one attached hydrogen (secondary N) is 2. The van der Waals surface area contributed by atoms with E-state index in [-0.39, 0.29) is 11.9 Å². The fraction of sp³-hybridized carbons (Fsp3) is 0.417. The summed E-state index contributed by atoms with van der Waals surface area (Å²) in [6, 6.07) is 16.3. The third-order valence-electron chi connectivity index (χ3n) is 6.05. The van der Waals surface area contributed by atoms with Crippen molar-refractivity contribution < 1.29 is 9.21 Å². The van der Waals surface area contributed by atoms with Gasteiger partial charge in [-0.3, -0.25) is 9.78 Å². The van der Waals surface area contributed by atoms with Crippen molar-refractivity contribution in [3.63, 3.8) is 0 Å². The van der Waals surface area contributed by atoms with E-state index in [0.29, 0.717) is 35.9 Å². The number of fused-ring (bicyclic) bond motifs is 1. The van der Waals surface area contributed by atoms with Crippen LogP contribution in [0.2, 0.25) is 0 Å². The fourth-order valence-corrected chi connectivity index (χ4v) is 4.09. The van der Waals surface area contributed by atoms with E-state index in [1.165, 1.54) is 18.4 Å². The molecule has 4 rings (SSSR count). The molecule has 6 nitrogen and oxygen atoms in total. The molecule has 0 unspecified atom stereocenters.